The van der Waals surface area contributed by atoms with Crippen molar-refractivity contribution in [2.45, 2.75) is 13.0 Å². The van der Waals surface area contributed by atoms with Crippen LogP contribution in [0, 0.1) is 0 Å². The van der Waals surface area contributed by atoms with Gasteiger partial charge >= 0.3 is 5.97 Å². The van der Waals surface area contributed by atoms with Crippen LogP contribution in [0.25, 0.3) is 10.9 Å². The lowest BCUT2D eigenvalue weighted by Crippen LogP contribution is -2.53. The lowest BCUT2D eigenvalue weighted by atomic mass is 10.2. The minimum Gasteiger partial charge on any atom is -0.464 e. The highest BCUT2D eigenvalue weighted by atomic mass is 35.5. The fourth-order valence-electron chi connectivity index (χ4n) is 3.46. The first-order chi connectivity index (χ1) is 13.4. The molecule has 3 N–H and O–H groups in total. The Hall–Kier alpha value is -2.13. The maximum absolute atomic E-state index is 12.9. The summed E-state index contributed by atoms with van der Waals surface area (Å²) in [6.45, 7) is 5.69. The summed E-state index contributed by atoms with van der Waals surface area (Å²) >= 11 is 6.10. The van der Waals surface area contributed by atoms with Gasteiger partial charge in [0.1, 0.15) is 5.69 Å². The molecule has 1 aromatic heterocycles. The number of aromatic amines is 1. The summed E-state index contributed by atoms with van der Waals surface area (Å²) in [6, 6.07) is 4.80. The molecule has 8 nitrogen and oxygen atoms in total. The second-order valence-corrected chi connectivity index (χ2v) is 7.26. The van der Waals surface area contributed by atoms with Gasteiger partial charge in [0.2, 0.25) is 5.91 Å². The predicted octanol–water partition coefficient (Wildman–Crippen LogP) is 1.54. The second kappa shape index (κ2) is 8.91. The number of amides is 1. The molecule has 0 saturated carbocycles. The number of anilines is 1. The Balaban J connectivity index is 1.78. The molecular weight excluding hydrogens is 384 g/mol. The van der Waals surface area contributed by atoms with Crippen LogP contribution < -0.4 is 5.32 Å². The number of halogens is 1. The molecule has 1 aliphatic rings. The number of aliphatic hydroxyl groups excluding tert-OH is 1. The lowest BCUT2D eigenvalue weighted by molar-refractivity contribution is -0.121. The molecule has 0 radical (unpaired) electrons. The van der Waals surface area contributed by atoms with Crippen LogP contribution in [0.2, 0.25) is 5.02 Å². The largest absolute Gasteiger partial charge is 0.464 e. The zero-order valence-electron chi connectivity index (χ0n) is 16.0. The minimum atomic E-state index is -0.562. The van der Waals surface area contributed by atoms with E-state index in [0.29, 0.717) is 28.2 Å². The van der Waals surface area contributed by atoms with E-state index in [4.69, 9.17) is 21.4 Å². The molecule has 1 saturated heterocycles. The summed E-state index contributed by atoms with van der Waals surface area (Å²) < 4.78 is 4.84. The number of hydrogen-bond acceptors (Lipinski definition) is 6. The fraction of sp³-hybridized carbons (Fsp3) is 0.474. The molecule has 2 aromatic rings. The molecule has 1 aromatic carbocycles. The van der Waals surface area contributed by atoms with Crippen LogP contribution in [0.4, 0.5) is 5.69 Å². The fourth-order valence-corrected chi connectivity index (χ4v) is 3.63. The number of rotatable bonds is 6. The number of methoxy groups -OCH3 is 1. The van der Waals surface area contributed by atoms with Gasteiger partial charge in [0.25, 0.3) is 0 Å². The summed E-state index contributed by atoms with van der Waals surface area (Å²) in [7, 11) is 1.29. The first-order valence-corrected chi connectivity index (χ1v) is 9.60. The SMILES string of the molecule is COC(=O)c1[nH]c2ccc(Cl)cc2c1NC(=O)[C@@H](C)N1CCN(CCO)CC1. The van der Waals surface area contributed by atoms with E-state index >= 15 is 0 Å². The Morgan fingerprint density at radius 3 is 2.68 bits per heavy atom. The molecule has 28 heavy (non-hydrogen) atoms. The summed E-state index contributed by atoms with van der Waals surface area (Å²) in [4.78, 5) is 32.3. The van der Waals surface area contributed by atoms with Crippen LogP contribution in [0.5, 0.6) is 0 Å². The van der Waals surface area contributed by atoms with Gasteiger partial charge in [0, 0.05) is 48.6 Å². The molecule has 1 fully saturated rings. The number of β-amino-alcohol motifs (C(OH)–C–C–N with tert-alkyl or cyclic N) is 1. The van der Waals surface area contributed by atoms with Crippen molar-refractivity contribution < 1.29 is 19.4 Å². The van der Waals surface area contributed by atoms with Crippen molar-refractivity contribution in [2.24, 2.45) is 0 Å². The van der Waals surface area contributed by atoms with E-state index in [1.165, 1.54) is 7.11 Å². The third kappa shape index (κ3) is 4.30. The number of carbonyl (C=O) groups excluding carboxylic acids is 2. The van der Waals surface area contributed by atoms with Crippen LogP contribution in [0.15, 0.2) is 18.2 Å². The highest BCUT2D eigenvalue weighted by Gasteiger charge is 2.28. The zero-order valence-corrected chi connectivity index (χ0v) is 16.8. The van der Waals surface area contributed by atoms with E-state index in [0.717, 1.165) is 26.2 Å². The van der Waals surface area contributed by atoms with Crippen molar-refractivity contribution in [1.29, 1.82) is 0 Å². The highest BCUT2D eigenvalue weighted by molar-refractivity contribution is 6.31. The molecule has 0 aliphatic carbocycles. The normalized spacial score (nSPS) is 16.9. The molecule has 1 atom stereocenters. The Kier molecular flexibility index (Phi) is 6.56. The van der Waals surface area contributed by atoms with E-state index in [1.54, 1.807) is 18.2 Å². The number of piperazine rings is 1. The van der Waals surface area contributed by atoms with Gasteiger partial charge < -0.3 is 20.1 Å². The first-order valence-electron chi connectivity index (χ1n) is 9.22. The van der Waals surface area contributed by atoms with E-state index in [-0.39, 0.29) is 24.2 Å². The number of nitrogens with one attached hydrogen (secondary N) is 2. The highest BCUT2D eigenvalue weighted by Crippen LogP contribution is 2.31. The number of nitrogens with zero attached hydrogens (tertiary/aromatic N) is 2. The third-order valence-electron chi connectivity index (χ3n) is 5.15. The summed E-state index contributed by atoms with van der Waals surface area (Å²) in [5.74, 6) is -0.769. The van der Waals surface area contributed by atoms with Crippen molar-refractivity contribution in [2.75, 3.05) is 51.8 Å². The number of aliphatic hydroxyl groups is 1. The number of benzene rings is 1. The van der Waals surface area contributed by atoms with Gasteiger partial charge in [0.05, 0.1) is 25.4 Å². The average molecular weight is 409 g/mol. The molecule has 152 valence electrons. The van der Waals surface area contributed by atoms with Crippen LogP contribution in [0.3, 0.4) is 0 Å². The predicted molar refractivity (Wildman–Crippen MR) is 108 cm³/mol. The Labute approximate surface area is 168 Å². The minimum absolute atomic E-state index is 0.134. The van der Waals surface area contributed by atoms with Crippen LogP contribution in [-0.2, 0) is 9.53 Å². The van der Waals surface area contributed by atoms with Crippen molar-refractivity contribution in [3.63, 3.8) is 0 Å². The number of fused-ring (bicyclic) bond motifs is 1. The average Bonchev–Trinajstić information content (AvgIpc) is 3.05. The topological polar surface area (TPSA) is 97.9 Å². The number of ether oxygens (including phenoxy) is 1. The Morgan fingerprint density at radius 2 is 2.04 bits per heavy atom. The second-order valence-electron chi connectivity index (χ2n) is 6.82. The molecule has 0 spiro atoms. The smallest absolute Gasteiger partial charge is 0.356 e. The quantitative estimate of drug-likeness (QED) is 0.627. The van der Waals surface area contributed by atoms with Crippen molar-refractivity contribution in [3.8, 4) is 0 Å². The van der Waals surface area contributed by atoms with Gasteiger partial charge in [-0.15, -0.1) is 0 Å². The number of aromatic nitrogens is 1. The number of hydrogen-bond donors (Lipinski definition) is 3. The van der Waals surface area contributed by atoms with Crippen molar-refractivity contribution in [3.05, 3.63) is 28.9 Å². The first kappa shape index (κ1) is 20.6. The van der Waals surface area contributed by atoms with Gasteiger partial charge in [-0.05, 0) is 25.1 Å². The lowest BCUT2D eigenvalue weighted by Gasteiger charge is -2.37. The van der Waals surface area contributed by atoms with Gasteiger partial charge in [-0.25, -0.2) is 4.79 Å². The maximum atomic E-state index is 12.9. The molecule has 3 rings (SSSR count). The molecular formula is C19H25ClN4O4. The molecule has 0 bridgehead atoms. The molecule has 9 heteroatoms. The van der Waals surface area contributed by atoms with Gasteiger partial charge in [-0.2, -0.15) is 0 Å². The van der Waals surface area contributed by atoms with Crippen LogP contribution in [-0.4, -0.2) is 84.2 Å². The number of carbonyl (C=O) groups is 2. The van der Waals surface area contributed by atoms with Crippen LogP contribution >= 0.6 is 11.6 Å². The number of H-pyrrole nitrogens is 1. The van der Waals surface area contributed by atoms with E-state index < -0.39 is 5.97 Å². The maximum Gasteiger partial charge on any atom is 0.356 e. The number of esters is 1. The summed E-state index contributed by atoms with van der Waals surface area (Å²) in [5.41, 5.74) is 1.25. The summed E-state index contributed by atoms with van der Waals surface area (Å²) in [6.07, 6.45) is 0. The molecule has 2 heterocycles. The van der Waals surface area contributed by atoms with Crippen LogP contribution in [0.1, 0.15) is 17.4 Å². The van der Waals surface area contributed by atoms with Gasteiger partial charge in [-0.3, -0.25) is 14.6 Å². The molecule has 1 aliphatic heterocycles. The zero-order chi connectivity index (χ0) is 20.3. The Morgan fingerprint density at radius 1 is 1.32 bits per heavy atom. The standard InChI is InChI=1S/C19H25ClN4O4/c1-12(24-7-5-23(6-8-24)9-10-25)18(26)22-16-14-11-13(20)3-4-15(14)21-17(16)19(27)28-2/h3-4,11-12,21,25H,5-10H2,1-2H3,(H,22,26)/t12-/m1/s1. The van der Waals surface area contributed by atoms with E-state index in [9.17, 15) is 9.59 Å². The van der Waals surface area contributed by atoms with Crippen molar-refractivity contribution >= 4 is 40.1 Å². The van der Waals surface area contributed by atoms with E-state index in [2.05, 4.69) is 20.1 Å². The molecule has 1 amide bonds. The van der Waals surface area contributed by atoms with Gasteiger partial charge in [-0.1, -0.05) is 11.6 Å². The van der Waals surface area contributed by atoms with Gasteiger partial charge in [0.15, 0.2) is 0 Å². The Bertz CT molecular complexity index is 861. The van der Waals surface area contributed by atoms with Crippen molar-refractivity contribution in [1.82, 2.24) is 14.8 Å². The molecule has 0 unspecified atom stereocenters. The monoisotopic (exact) mass is 408 g/mol. The van der Waals surface area contributed by atoms with E-state index in [1.807, 2.05) is 6.92 Å². The third-order valence-corrected chi connectivity index (χ3v) is 5.38. The summed E-state index contributed by atoms with van der Waals surface area (Å²) in [5, 5.41) is 13.1.